The number of likely N-dealkylation sites (tertiary alicyclic amines) is 1. The molecule has 0 aliphatic carbocycles. The average molecular weight is 420 g/mol. The zero-order chi connectivity index (χ0) is 22.5. The average Bonchev–Trinajstić information content (AvgIpc) is 2.99. The van der Waals surface area contributed by atoms with Gasteiger partial charge in [-0.25, -0.2) is 0 Å². The van der Waals surface area contributed by atoms with E-state index >= 15 is 0 Å². The molecule has 1 aromatic carbocycles. The third kappa shape index (κ3) is 4.97. The van der Waals surface area contributed by atoms with Crippen molar-refractivity contribution in [1.82, 2.24) is 15.2 Å². The summed E-state index contributed by atoms with van der Waals surface area (Å²) in [6, 6.07) is 6.29. The largest absolute Gasteiger partial charge is 0.443 e. The van der Waals surface area contributed by atoms with Gasteiger partial charge in [-0.1, -0.05) is 26.2 Å². The Hall–Kier alpha value is -3.12. The van der Waals surface area contributed by atoms with Gasteiger partial charge in [0.2, 0.25) is 0 Å². The Labute approximate surface area is 184 Å². The van der Waals surface area contributed by atoms with Crippen LogP contribution in [-0.2, 0) is 6.42 Å². The molecule has 0 bridgehead atoms. The first-order valence-corrected chi connectivity index (χ1v) is 10.7. The van der Waals surface area contributed by atoms with Crippen molar-refractivity contribution in [2.45, 2.75) is 40.2 Å². The second kappa shape index (κ2) is 9.79. The molecule has 1 fully saturated rings. The molecule has 2 aromatic rings. The number of nitrogens with one attached hydrogen (secondary N) is 2. The maximum absolute atomic E-state index is 6.08. The Morgan fingerprint density at radius 1 is 1.35 bits per heavy atom. The van der Waals surface area contributed by atoms with Crippen molar-refractivity contribution in [2.24, 2.45) is 9.98 Å². The van der Waals surface area contributed by atoms with E-state index in [1.807, 2.05) is 39.1 Å². The topological polar surface area (TPSA) is 65.0 Å². The van der Waals surface area contributed by atoms with Crippen LogP contribution in [-0.4, -0.2) is 48.2 Å². The number of benzene rings is 1. The van der Waals surface area contributed by atoms with Crippen LogP contribution in [0, 0.1) is 13.8 Å². The van der Waals surface area contributed by atoms with Gasteiger partial charge in [0.1, 0.15) is 11.6 Å². The Balaban J connectivity index is 1.96. The van der Waals surface area contributed by atoms with Gasteiger partial charge in [-0.05, 0) is 56.6 Å². The van der Waals surface area contributed by atoms with Crippen molar-refractivity contribution in [2.75, 3.05) is 20.1 Å². The number of hydrogen-bond acceptors (Lipinski definition) is 5. The van der Waals surface area contributed by atoms with Crippen molar-refractivity contribution >= 4 is 30.2 Å². The number of hydrogen-bond donors (Lipinski definition) is 2. The third-order valence-corrected chi connectivity index (χ3v) is 5.61. The van der Waals surface area contributed by atoms with Crippen molar-refractivity contribution in [3.63, 3.8) is 0 Å². The molecule has 1 saturated heterocycles. The molecular formula is C25H33N5O. The first-order valence-electron chi connectivity index (χ1n) is 10.7. The number of H-pyrrole nitrogens is 1. The van der Waals surface area contributed by atoms with Gasteiger partial charge in [0, 0.05) is 48.5 Å². The van der Waals surface area contributed by atoms with Crippen LogP contribution in [0.15, 0.2) is 40.8 Å². The molecule has 1 aliphatic rings. The van der Waals surface area contributed by atoms with Gasteiger partial charge in [-0.2, -0.15) is 4.99 Å². The lowest BCUT2D eigenvalue weighted by Gasteiger charge is -2.40. The highest BCUT2D eigenvalue weighted by atomic mass is 16.5. The molecule has 31 heavy (non-hydrogen) atoms. The van der Waals surface area contributed by atoms with Gasteiger partial charge in [-0.15, -0.1) is 0 Å². The quantitative estimate of drug-likeness (QED) is 0.536. The lowest BCUT2D eigenvalue weighted by atomic mass is 10.1. The van der Waals surface area contributed by atoms with Crippen molar-refractivity contribution in [1.29, 1.82) is 0 Å². The minimum absolute atomic E-state index is 0.468. The van der Waals surface area contributed by atoms with Crippen LogP contribution in [0.4, 0.5) is 5.69 Å². The SMILES string of the molecule is C=CC=Nc1ccc(O/C(C)=N/C(=c2/c(C)c(CC)[nH]c2=C)N2CC(NC)C2)cc1C. The Kier molecular flexibility index (Phi) is 7.13. The summed E-state index contributed by atoms with van der Waals surface area (Å²) in [6.45, 7) is 17.9. The van der Waals surface area contributed by atoms with Gasteiger partial charge >= 0.3 is 0 Å². The van der Waals surface area contributed by atoms with Crippen LogP contribution in [0.3, 0.4) is 0 Å². The normalized spacial score (nSPS) is 15.9. The monoisotopic (exact) mass is 419 g/mol. The Bertz CT molecular complexity index is 1120. The summed E-state index contributed by atoms with van der Waals surface area (Å²) in [4.78, 5) is 15.0. The van der Waals surface area contributed by atoms with E-state index in [0.717, 1.165) is 52.9 Å². The molecule has 3 rings (SSSR count). The van der Waals surface area contributed by atoms with Crippen LogP contribution >= 0.6 is 0 Å². The van der Waals surface area contributed by atoms with Gasteiger partial charge in [0.05, 0.1) is 5.69 Å². The number of allylic oxidation sites excluding steroid dienone is 1. The van der Waals surface area contributed by atoms with E-state index in [9.17, 15) is 0 Å². The number of rotatable bonds is 7. The predicted octanol–water partition coefficient (Wildman–Crippen LogP) is 2.96. The minimum atomic E-state index is 0.468. The van der Waals surface area contributed by atoms with E-state index in [4.69, 9.17) is 9.73 Å². The van der Waals surface area contributed by atoms with E-state index in [2.05, 4.69) is 47.2 Å². The highest BCUT2D eigenvalue weighted by Gasteiger charge is 2.28. The van der Waals surface area contributed by atoms with Crippen molar-refractivity contribution in [3.8, 4) is 5.75 Å². The van der Waals surface area contributed by atoms with Gasteiger partial charge in [0.15, 0.2) is 5.90 Å². The summed E-state index contributed by atoms with van der Waals surface area (Å²) in [5, 5.41) is 5.29. The lowest BCUT2D eigenvalue weighted by molar-refractivity contribution is 0.206. The number of aryl methyl sites for hydroxylation is 2. The fourth-order valence-electron chi connectivity index (χ4n) is 3.80. The van der Waals surface area contributed by atoms with Crippen LogP contribution in [0.1, 0.15) is 30.7 Å². The maximum Gasteiger partial charge on any atom is 0.193 e. The van der Waals surface area contributed by atoms with Crippen molar-refractivity contribution < 1.29 is 4.74 Å². The molecule has 0 amide bonds. The molecule has 0 radical (unpaired) electrons. The van der Waals surface area contributed by atoms with Crippen molar-refractivity contribution in [3.05, 3.63) is 58.2 Å². The number of nitrogens with zero attached hydrogens (tertiary/aromatic N) is 3. The third-order valence-electron chi connectivity index (χ3n) is 5.61. The number of aromatic nitrogens is 1. The van der Waals surface area contributed by atoms with Gasteiger partial charge < -0.3 is 19.9 Å². The molecular weight excluding hydrogens is 386 g/mol. The van der Waals surface area contributed by atoms with E-state index in [1.165, 1.54) is 11.3 Å². The zero-order valence-corrected chi connectivity index (χ0v) is 19.2. The highest BCUT2D eigenvalue weighted by Crippen LogP contribution is 2.24. The standard InChI is InChI=1S/C25H33N5O/c1-8-12-27-23-11-10-21(13-16(23)3)31-19(6)29-25(30-14-20(15-30)26-7)24-17(4)22(9-2)28-18(24)5/h8,10-13,20,26,28H,1,5,9,14-15H2,2-4,6-7H3/b25-24+,27-12?,29-19+. The summed E-state index contributed by atoms with van der Waals surface area (Å²) in [5.74, 6) is 2.23. The van der Waals surface area contributed by atoms with Crippen LogP contribution < -0.4 is 20.6 Å². The van der Waals surface area contributed by atoms with Gasteiger partial charge in [0.25, 0.3) is 0 Å². The second-order valence-electron chi connectivity index (χ2n) is 7.84. The summed E-state index contributed by atoms with van der Waals surface area (Å²) in [6.07, 6.45) is 4.28. The number of likely N-dealkylation sites (N-methyl/N-ethyl adjacent to an activating group) is 1. The molecule has 2 heterocycles. The molecule has 6 heteroatoms. The molecule has 0 saturated carbocycles. The van der Waals surface area contributed by atoms with Crippen LogP contribution in [0.2, 0.25) is 0 Å². The summed E-state index contributed by atoms with van der Waals surface area (Å²) in [5.41, 5.74) is 4.32. The summed E-state index contributed by atoms with van der Waals surface area (Å²) in [7, 11) is 1.99. The minimum Gasteiger partial charge on any atom is -0.443 e. The van der Waals surface area contributed by atoms with E-state index in [-0.39, 0.29) is 0 Å². The molecule has 6 nitrogen and oxygen atoms in total. The molecule has 1 aromatic heterocycles. The first kappa shape index (κ1) is 22.6. The van der Waals surface area contributed by atoms with E-state index in [0.29, 0.717) is 11.9 Å². The molecule has 1 aliphatic heterocycles. The first-order chi connectivity index (χ1) is 14.9. The fraction of sp³-hybridized carbons (Fsp3) is 0.360. The lowest BCUT2D eigenvalue weighted by Crippen LogP contribution is -2.57. The van der Waals surface area contributed by atoms with Crippen LogP contribution in [0.25, 0.3) is 12.4 Å². The summed E-state index contributed by atoms with van der Waals surface area (Å²) >= 11 is 0. The Morgan fingerprint density at radius 3 is 2.68 bits per heavy atom. The zero-order valence-electron chi connectivity index (χ0n) is 19.2. The fourth-order valence-corrected chi connectivity index (χ4v) is 3.80. The summed E-state index contributed by atoms with van der Waals surface area (Å²) < 4.78 is 6.08. The van der Waals surface area contributed by atoms with E-state index in [1.54, 1.807) is 12.3 Å². The predicted molar refractivity (Wildman–Crippen MR) is 131 cm³/mol. The van der Waals surface area contributed by atoms with E-state index < -0.39 is 0 Å². The van der Waals surface area contributed by atoms with Crippen LogP contribution in [0.5, 0.6) is 5.75 Å². The smallest absolute Gasteiger partial charge is 0.193 e. The molecule has 0 spiro atoms. The Morgan fingerprint density at radius 2 is 2.10 bits per heavy atom. The number of ether oxygens (including phenoxy) is 1. The maximum atomic E-state index is 6.08. The number of aliphatic imine (C=N–C) groups is 2. The molecule has 164 valence electrons. The molecule has 0 unspecified atom stereocenters. The second-order valence-corrected chi connectivity index (χ2v) is 7.84. The number of aromatic amines is 1. The molecule has 2 N–H and O–H groups in total. The molecule has 0 atom stereocenters. The highest BCUT2D eigenvalue weighted by molar-refractivity contribution is 5.80. The van der Waals surface area contributed by atoms with Gasteiger partial charge in [-0.3, -0.25) is 4.99 Å².